The van der Waals surface area contributed by atoms with Crippen molar-refractivity contribution in [1.29, 1.82) is 0 Å². The first-order valence-electron chi connectivity index (χ1n) is 12.6. The second-order valence-corrected chi connectivity index (χ2v) is 8.89. The van der Waals surface area contributed by atoms with Crippen LogP contribution in [0.5, 0.6) is 5.75 Å². The molecule has 184 valence electrons. The van der Waals surface area contributed by atoms with Gasteiger partial charge in [-0.2, -0.15) is 0 Å². The molecule has 0 amide bonds. The van der Waals surface area contributed by atoms with Gasteiger partial charge in [-0.3, -0.25) is 4.98 Å². The lowest BCUT2D eigenvalue weighted by Crippen LogP contribution is -2.36. The van der Waals surface area contributed by atoms with Gasteiger partial charge in [0.15, 0.2) is 5.84 Å². The molecule has 0 aliphatic carbocycles. The average molecular weight is 495 g/mol. The van der Waals surface area contributed by atoms with Crippen molar-refractivity contribution >= 4 is 17.4 Å². The molecule has 0 saturated heterocycles. The topological polar surface area (TPSA) is 50.1 Å². The fourth-order valence-corrected chi connectivity index (χ4v) is 4.45. The minimum Gasteiger partial charge on any atom is -0.489 e. The molecule has 0 fully saturated rings. The number of anilines is 1. The van der Waals surface area contributed by atoms with Crippen molar-refractivity contribution in [2.75, 3.05) is 11.6 Å². The number of amidine groups is 2. The molecule has 6 rings (SSSR count). The van der Waals surface area contributed by atoms with E-state index < -0.39 is 0 Å². The summed E-state index contributed by atoms with van der Waals surface area (Å²) >= 11 is 0. The Balaban J connectivity index is 1.41. The number of benzene rings is 4. The zero-order valence-electron chi connectivity index (χ0n) is 20.8. The summed E-state index contributed by atoms with van der Waals surface area (Å²) in [5.41, 5.74) is 5.92. The largest absolute Gasteiger partial charge is 0.489 e. The van der Waals surface area contributed by atoms with Crippen LogP contribution in [0.2, 0.25) is 0 Å². The van der Waals surface area contributed by atoms with E-state index in [1.54, 1.807) is 0 Å². The SMILES string of the molecule is c1ccc(COc2ccc(N3CN=C(c4ccccc4)N=C3c3ccccc3)c(-c3ccccn3)c2)cc1. The lowest BCUT2D eigenvalue weighted by molar-refractivity contribution is 0.306. The number of ether oxygens (including phenoxy) is 1. The molecule has 5 aromatic rings. The molecule has 0 bridgehead atoms. The molecular formula is C33H26N4O. The number of aromatic nitrogens is 1. The monoisotopic (exact) mass is 494 g/mol. The molecule has 4 aromatic carbocycles. The second-order valence-electron chi connectivity index (χ2n) is 8.89. The number of nitrogens with zero attached hydrogens (tertiary/aromatic N) is 4. The smallest absolute Gasteiger partial charge is 0.158 e. The first kappa shape index (κ1) is 23.4. The fourth-order valence-electron chi connectivity index (χ4n) is 4.45. The van der Waals surface area contributed by atoms with Gasteiger partial charge in [-0.1, -0.05) is 97.1 Å². The summed E-state index contributed by atoms with van der Waals surface area (Å²) in [5, 5.41) is 0. The summed E-state index contributed by atoms with van der Waals surface area (Å²) in [4.78, 5) is 16.7. The van der Waals surface area contributed by atoms with Crippen LogP contribution in [0, 0.1) is 0 Å². The Labute approximate surface area is 222 Å². The average Bonchev–Trinajstić information content (AvgIpc) is 3.01. The van der Waals surface area contributed by atoms with Crippen LogP contribution in [0.3, 0.4) is 0 Å². The first-order chi connectivity index (χ1) is 18.8. The first-order valence-corrected chi connectivity index (χ1v) is 12.6. The minimum absolute atomic E-state index is 0.433. The second kappa shape index (κ2) is 10.9. The van der Waals surface area contributed by atoms with Gasteiger partial charge >= 0.3 is 0 Å². The lowest BCUT2D eigenvalue weighted by atomic mass is 10.1. The van der Waals surface area contributed by atoms with Gasteiger partial charge in [0.1, 0.15) is 24.9 Å². The van der Waals surface area contributed by atoms with E-state index >= 15 is 0 Å². The molecule has 2 heterocycles. The molecule has 5 nitrogen and oxygen atoms in total. The molecule has 0 atom stereocenters. The Morgan fingerprint density at radius 2 is 1.37 bits per heavy atom. The van der Waals surface area contributed by atoms with Crippen molar-refractivity contribution in [2.45, 2.75) is 6.61 Å². The summed E-state index contributed by atoms with van der Waals surface area (Å²) in [6, 6.07) is 42.6. The fraction of sp³-hybridized carbons (Fsp3) is 0.0606. The van der Waals surface area contributed by atoms with Gasteiger partial charge in [0.25, 0.3) is 0 Å². The molecule has 5 heteroatoms. The van der Waals surface area contributed by atoms with Crippen molar-refractivity contribution in [3.05, 3.63) is 150 Å². The number of hydrogen-bond acceptors (Lipinski definition) is 5. The number of rotatable bonds is 7. The van der Waals surface area contributed by atoms with Gasteiger partial charge in [-0.05, 0) is 35.9 Å². The molecule has 1 aliphatic heterocycles. The van der Waals surface area contributed by atoms with Crippen LogP contribution in [0.4, 0.5) is 5.69 Å². The summed E-state index contributed by atoms with van der Waals surface area (Å²) in [6.45, 7) is 0.926. The molecule has 0 saturated carbocycles. The van der Waals surface area contributed by atoms with Crippen molar-refractivity contribution in [3.63, 3.8) is 0 Å². The summed E-state index contributed by atoms with van der Waals surface area (Å²) in [6.07, 6.45) is 1.81. The Kier molecular flexibility index (Phi) is 6.72. The van der Waals surface area contributed by atoms with E-state index in [1.807, 2.05) is 97.2 Å². The van der Waals surface area contributed by atoms with E-state index in [0.717, 1.165) is 51.1 Å². The van der Waals surface area contributed by atoms with E-state index in [1.165, 1.54) is 0 Å². The van der Waals surface area contributed by atoms with Gasteiger partial charge in [0.05, 0.1) is 11.4 Å². The van der Waals surface area contributed by atoms with Crippen LogP contribution in [-0.2, 0) is 6.61 Å². The normalized spacial score (nSPS) is 13.0. The zero-order chi connectivity index (χ0) is 25.6. The molecular weight excluding hydrogens is 468 g/mol. The van der Waals surface area contributed by atoms with Gasteiger partial charge in [0.2, 0.25) is 0 Å². The number of hydrogen-bond donors (Lipinski definition) is 0. The highest BCUT2D eigenvalue weighted by molar-refractivity contribution is 6.19. The minimum atomic E-state index is 0.433. The third-order valence-corrected chi connectivity index (χ3v) is 6.34. The van der Waals surface area contributed by atoms with Crippen LogP contribution < -0.4 is 9.64 Å². The van der Waals surface area contributed by atoms with E-state index in [-0.39, 0.29) is 0 Å². The van der Waals surface area contributed by atoms with Crippen LogP contribution in [0.25, 0.3) is 11.3 Å². The molecule has 1 aromatic heterocycles. The zero-order valence-corrected chi connectivity index (χ0v) is 20.8. The Hall–Kier alpha value is -5.03. The highest BCUT2D eigenvalue weighted by atomic mass is 16.5. The van der Waals surface area contributed by atoms with E-state index in [9.17, 15) is 0 Å². The predicted octanol–water partition coefficient (Wildman–Crippen LogP) is 7.00. The van der Waals surface area contributed by atoms with Gasteiger partial charge in [-0.25, -0.2) is 9.98 Å². The third kappa shape index (κ3) is 5.08. The van der Waals surface area contributed by atoms with Gasteiger partial charge < -0.3 is 9.64 Å². The molecule has 0 radical (unpaired) electrons. The lowest BCUT2D eigenvalue weighted by Gasteiger charge is -2.30. The highest BCUT2D eigenvalue weighted by Crippen LogP contribution is 2.35. The quantitative estimate of drug-likeness (QED) is 0.245. The molecule has 0 spiro atoms. The van der Waals surface area contributed by atoms with Crippen LogP contribution in [-0.4, -0.2) is 23.3 Å². The standard InChI is InChI=1S/C33H26N4O/c1-4-12-25(13-5-1)23-38-28-19-20-31(29(22-28)30-18-10-11-21-34-30)37-24-35-32(26-14-6-2-7-15-26)36-33(37)27-16-8-3-9-17-27/h1-22H,23-24H2. The molecule has 0 unspecified atom stereocenters. The highest BCUT2D eigenvalue weighted by Gasteiger charge is 2.24. The maximum absolute atomic E-state index is 6.18. The van der Waals surface area contributed by atoms with Crippen molar-refractivity contribution in [3.8, 4) is 17.0 Å². The van der Waals surface area contributed by atoms with Crippen LogP contribution in [0.1, 0.15) is 16.7 Å². The van der Waals surface area contributed by atoms with Crippen molar-refractivity contribution in [1.82, 2.24) is 4.98 Å². The van der Waals surface area contributed by atoms with Crippen LogP contribution in [0.15, 0.2) is 144 Å². The van der Waals surface area contributed by atoms with E-state index in [2.05, 4.69) is 46.3 Å². The Morgan fingerprint density at radius 1 is 0.684 bits per heavy atom. The summed E-state index contributed by atoms with van der Waals surface area (Å²) in [5.74, 6) is 2.35. The maximum Gasteiger partial charge on any atom is 0.158 e. The van der Waals surface area contributed by atoms with E-state index in [4.69, 9.17) is 14.7 Å². The van der Waals surface area contributed by atoms with Crippen LogP contribution >= 0.6 is 0 Å². The number of pyridine rings is 1. The van der Waals surface area contributed by atoms with Crippen molar-refractivity contribution in [2.24, 2.45) is 9.98 Å². The molecule has 1 aliphatic rings. The van der Waals surface area contributed by atoms with Crippen molar-refractivity contribution < 1.29 is 4.74 Å². The number of aliphatic imine (C=N–C) groups is 2. The molecule has 0 N–H and O–H groups in total. The predicted molar refractivity (Wildman–Crippen MR) is 154 cm³/mol. The Morgan fingerprint density at radius 3 is 2.08 bits per heavy atom. The molecule has 38 heavy (non-hydrogen) atoms. The van der Waals surface area contributed by atoms with E-state index in [0.29, 0.717) is 13.3 Å². The Bertz CT molecular complexity index is 1570. The third-order valence-electron chi connectivity index (χ3n) is 6.34. The summed E-state index contributed by atoms with van der Waals surface area (Å²) < 4.78 is 6.18. The summed E-state index contributed by atoms with van der Waals surface area (Å²) in [7, 11) is 0. The van der Waals surface area contributed by atoms with Gasteiger partial charge in [0, 0.05) is 22.9 Å². The van der Waals surface area contributed by atoms with Gasteiger partial charge in [-0.15, -0.1) is 0 Å². The maximum atomic E-state index is 6.18.